The predicted octanol–water partition coefficient (Wildman–Crippen LogP) is 1.80. The Morgan fingerprint density at radius 2 is 1.71 bits per heavy atom. The molecule has 2 rings (SSSR count). The Morgan fingerprint density at radius 1 is 1.06 bits per heavy atom. The molecule has 0 radical (unpaired) electrons. The van der Waals surface area contributed by atoms with E-state index >= 15 is 0 Å². The molecule has 0 aliphatic carbocycles. The van der Waals surface area contributed by atoms with E-state index in [0.29, 0.717) is 16.9 Å². The van der Waals surface area contributed by atoms with Crippen LogP contribution in [0.2, 0.25) is 0 Å². The van der Waals surface area contributed by atoms with Crippen LogP contribution in [0.4, 0.5) is 16.0 Å². The van der Waals surface area contributed by atoms with Crippen molar-refractivity contribution in [1.29, 1.82) is 5.41 Å². The molecular weight excluding hydrogens is 219 g/mol. The van der Waals surface area contributed by atoms with Crippen molar-refractivity contribution in [3.63, 3.8) is 0 Å². The van der Waals surface area contributed by atoms with Crippen LogP contribution in [0.3, 0.4) is 0 Å². The molecule has 0 aliphatic heterocycles. The number of nitrogens with zero attached hydrogens (tertiary/aromatic N) is 1. The Bertz CT molecular complexity index is 563. The number of rotatable bonds is 2. The molecule has 86 valence electrons. The van der Waals surface area contributed by atoms with Gasteiger partial charge in [0.25, 0.3) is 0 Å². The molecular formula is C12H11FN4. The largest absolute Gasteiger partial charge is 0.384 e. The molecule has 4 nitrogen and oxygen atoms in total. The van der Waals surface area contributed by atoms with Gasteiger partial charge in [0.15, 0.2) is 0 Å². The van der Waals surface area contributed by atoms with Crippen molar-refractivity contribution < 1.29 is 4.39 Å². The summed E-state index contributed by atoms with van der Waals surface area (Å²) in [5.41, 5.74) is 12.4. The Morgan fingerprint density at radius 3 is 2.29 bits per heavy atom. The number of hydrogen-bond donors (Lipinski definition) is 3. The van der Waals surface area contributed by atoms with E-state index in [1.54, 1.807) is 12.1 Å². The molecule has 0 atom stereocenters. The van der Waals surface area contributed by atoms with Crippen LogP contribution < -0.4 is 11.5 Å². The van der Waals surface area contributed by atoms with Gasteiger partial charge in [0, 0.05) is 11.1 Å². The topological polar surface area (TPSA) is 88.8 Å². The van der Waals surface area contributed by atoms with E-state index in [4.69, 9.17) is 16.9 Å². The van der Waals surface area contributed by atoms with E-state index in [-0.39, 0.29) is 17.3 Å². The molecule has 0 bridgehead atoms. The fraction of sp³-hybridized carbons (Fsp3) is 0. The van der Waals surface area contributed by atoms with E-state index in [9.17, 15) is 4.39 Å². The maximum atomic E-state index is 12.8. The molecule has 0 unspecified atom stereocenters. The maximum Gasteiger partial charge on any atom is 0.135 e. The second-order valence-corrected chi connectivity index (χ2v) is 3.55. The summed E-state index contributed by atoms with van der Waals surface area (Å²) < 4.78 is 12.8. The average Bonchev–Trinajstić information content (AvgIpc) is 2.29. The van der Waals surface area contributed by atoms with Gasteiger partial charge in [-0.2, -0.15) is 0 Å². The monoisotopic (exact) mass is 230 g/mol. The summed E-state index contributed by atoms with van der Waals surface area (Å²) in [7, 11) is 0. The van der Waals surface area contributed by atoms with E-state index < -0.39 is 0 Å². The number of hydrogen-bond acceptors (Lipinski definition) is 4. The lowest BCUT2D eigenvalue weighted by Gasteiger charge is -2.07. The number of pyridine rings is 1. The molecule has 5 heteroatoms. The molecule has 17 heavy (non-hydrogen) atoms. The lowest BCUT2D eigenvalue weighted by atomic mass is 10.0. The first-order valence-electron chi connectivity index (χ1n) is 4.95. The van der Waals surface area contributed by atoms with E-state index in [1.807, 2.05) is 0 Å². The Kier molecular flexibility index (Phi) is 2.74. The van der Waals surface area contributed by atoms with Gasteiger partial charge in [0.05, 0.1) is 5.71 Å². The summed E-state index contributed by atoms with van der Waals surface area (Å²) >= 11 is 0. The third-order valence-electron chi connectivity index (χ3n) is 2.35. The van der Waals surface area contributed by atoms with Gasteiger partial charge in [0.1, 0.15) is 17.5 Å². The lowest BCUT2D eigenvalue weighted by Crippen LogP contribution is -2.08. The number of halogens is 1. The molecule has 1 aromatic heterocycles. The third-order valence-corrected chi connectivity index (χ3v) is 2.35. The third kappa shape index (κ3) is 2.23. The molecule has 0 saturated carbocycles. The molecule has 0 aliphatic rings. The Labute approximate surface area is 97.6 Å². The van der Waals surface area contributed by atoms with Gasteiger partial charge in [-0.1, -0.05) is 0 Å². The van der Waals surface area contributed by atoms with Crippen molar-refractivity contribution in [3.8, 4) is 0 Å². The summed E-state index contributed by atoms with van der Waals surface area (Å²) in [6.45, 7) is 0. The SMILES string of the molecule is N=C(c1ccc(F)cc1)c1ccc(N)nc1N. The first-order chi connectivity index (χ1) is 8.08. The molecule has 5 N–H and O–H groups in total. The van der Waals surface area contributed by atoms with Gasteiger partial charge in [-0.3, -0.25) is 5.41 Å². The van der Waals surface area contributed by atoms with Crippen molar-refractivity contribution >= 4 is 17.3 Å². The summed E-state index contributed by atoms with van der Waals surface area (Å²) in [5, 5.41) is 7.97. The zero-order valence-corrected chi connectivity index (χ0v) is 8.94. The van der Waals surface area contributed by atoms with Crippen molar-refractivity contribution in [3.05, 3.63) is 53.3 Å². The zero-order chi connectivity index (χ0) is 12.4. The van der Waals surface area contributed by atoms with Crippen molar-refractivity contribution in [2.75, 3.05) is 11.5 Å². The predicted molar refractivity (Wildman–Crippen MR) is 65.4 cm³/mol. The van der Waals surface area contributed by atoms with Crippen LogP contribution >= 0.6 is 0 Å². The van der Waals surface area contributed by atoms with Crippen LogP contribution in [0.1, 0.15) is 11.1 Å². The quantitative estimate of drug-likeness (QED) is 0.687. The number of nitrogens with one attached hydrogen (secondary N) is 1. The van der Waals surface area contributed by atoms with Gasteiger partial charge >= 0.3 is 0 Å². The second kappa shape index (κ2) is 4.21. The van der Waals surface area contributed by atoms with Crippen LogP contribution in [0.25, 0.3) is 0 Å². The number of nitrogen functional groups attached to an aromatic ring is 2. The van der Waals surface area contributed by atoms with Gasteiger partial charge in [-0.15, -0.1) is 0 Å². The van der Waals surface area contributed by atoms with Crippen LogP contribution in [0, 0.1) is 11.2 Å². The first-order valence-corrected chi connectivity index (χ1v) is 4.95. The summed E-state index contributed by atoms with van der Waals surface area (Å²) in [6.07, 6.45) is 0. The van der Waals surface area contributed by atoms with Gasteiger partial charge in [-0.05, 0) is 36.4 Å². The summed E-state index contributed by atoms with van der Waals surface area (Å²) in [4.78, 5) is 3.88. The van der Waals surface area contributed by atoms with E-state index in [0.717, 1.165) is 0 Å². The molecule has 1 heterocycles. The second-order valence-electron chi connectivity index (χ2n) is 3.55. The fourth-order valence-corrected chi connectivity index (χ4v) is 1.47. The number of nitrogens with two attached hydrogens (primary N) is 2. The lowest BCUT2D eigenvalue weighted by molar-refractivity contribution is 0.628. The summed E-state index contributed by atoms with van der Waals surface area (Å²) in [5.74, 6) is 0.155. The Balaban J connectivity index is 2.40. The number of aromatic nitrogens is 1. The highest BCUT2D eigenvalue weighted by Gasteiger charge is 2.09. The van der Waals surface area contributed by atoms with Crippen molar-refractivity contribution in [1.82, 2.24) is 4.98 Å². The maximum absolute atomic E-state index is 12.8. The fourth-order valence-electron chi connectivity index (χ4n) is 1.47. The van der Waals surface area contributed by atoms with Gasteiger partial charge < -0.3 is 11.5 Å². The number of anilines is 2. The average molecular weight is 230 g/mol. The molecule has 0 spiro atoms. The minimum Gasteiger partial charge on any atom is -0.384 e. The molecule has 2 aromatic rings. The molecule has 0 saturated heterocycles. The van der Waals surface area contributed by atoms with Crippen LogP contribution in [0.5, 0.6) is 0 Å². The minimum atomic E-state index is -0.343. The zero-order valence-electron chi connectivity index (χ0n) is 8.94. The summed E-state index contributed by atoms with van der Waals surface area (Å²) in [6, 6.07) is 8.84. The van der Waals surface area contributed by atoms with E-state index in [2.05, 4.69) is 4.98 Å². The van der Waals surface area contributed by atoms with Crippen LogP contribution in [-0.4, -0.2) is 10.7 Å². The van der Waals surface area contributed by atoms with Gasteiger partial charge in [-0.25, -0.2) is 9.37 Å². The van der Waals surface area contributed by atoms with Crippen LogP contribution in [-0.2, 0) is 0 Å². The highest BCUT2D eigenvalue weighted by Crippen LogP contribution is 2.16. The van der Waals surface area contributed by atoms with E-state index in [1.165, 1.54) is 24.3 Å². The Hall–Kier alpha value is -2.43. The van der Waals surface area contributed by atoms with Crippen LogP contribution in [0.15, 0.2) is 36.4 Å². The standard InChI is InChI=1S/C12H11FN4/c13-8-3-1-7(2-4-8)11(15)9-5-6-10(14)17-12(9)16/h1-6,15H,(H4,14,16,17). The number of benzene rings is 1. The molecule has 1 aromatic carbocycles. The highest BCUT2D eigenvalue weighted by atomic mass is 19.1. The minimum absolute atomic E-state index is 0.190. The van der Waals surface area contributed by atoms with Crippen molar-refractivity contribution in [2.45, 2.75) is 0 Å². The molecule has 0 amide bonds. The molecule has 0 fully saturated rings. The first kappa shape index (κ1) is 11.1. The van der Waals surface area contributed by atoms with Gasteiger partial charge in [0.2, 0.25) is 0 Å². The smallest absolute Gasteiger partial charge is 0.135 e. The normalized spacial score (nSPS) is 10.2. The highest BCUT2D eigenvalue weighted by molar-refractivity contribution is 6.13. The van der Waals surface area contributed by atoms with Crippen molar-refractivity contribution in [2.24, 2.45) is 0 Å².